The van der Waals surface area contributed by atoms with E-state index < -0.39 is 0 Å². The van der Waals surface area contributed by atoms with Crippen LogP contribution in [0.4, 0.5) is 0 Å². The number of benzene rings is 2. The van der Waals surface area contributed by atoms with E-state index in [4.69, 9.17) is 5.10 Å². The van der Waals surface area contributed by atoms with E-state index in [2.05, 4.69) is 30.3 Å². The molecule has 1 N–H and O–H groups in total. The lowest BCUT2D eigenvalue weighted by Crippen LogP contribution is -2.43. The summed E-state index contributed by atoms with van der Waals surface area (Å²) < 4.78 is 1.80. The predicted molar refractivity (Wildman–Crippen MR) is 112 cm³/mol. The third-order valence-corrected chi connectivity index (χ3v) is 5.43. The van der Waals surface area contributed by atoms with Crippen molar-refractivity contribution in [2.24, 2.45) is 0 Å². The summed E-state index contributed by atoms with van der Waals surface area (Å²) in [5.74, 6) is -0.0463. The number of aryl methyl sites for hydroxylation is 1. The molecule has 0 saturated carbocycles. The van der Waals surface area contributed by atoms with Crippen molar-refractivity contribution in [1.29, 1.82) is 0 Å². The van der Waals surface area contributed by atoms with Crippen LogP contribution in [0.5, 0.6) is 0 Å². The van der Waals surface area contributed by atoms with Gasteiger partial charge in [-0.05, 0) is 57.6 Å². The number of carbonyl (C=O) groups excluding carboxylic acids is 1. The highest BCUT2D eigenvalue weighted by Gasteiger charge is 2.24. The average Bonchev–Trinajstić information content (AvgIpc) is 3.16. The Balaban J connectivity index is 1.69. The zero-order chi connectivity index (χ0) is 19.5. The second-order valence-corrected chi connectivity index (χ2v) is 7.54. The van der Waals surface area contributed by atoms with E-state index in [0.717, 1.165) is 48.4 Å². The van der Waals surface area contributed by atoms with E-state index in [1.807, 2.05) is 54.7 Å². The molecule has 5 heteroatoms. The minimum Gasteiger partial charge on any atom is -0.349 e. The smallest absolute Gasteiger partial charge is 0.255 e. The molecule has 2 heterocycles. The molecule has 0 radical (unpaired) electrons. The van der Waals surface area contributed by atoms with Crippen LogP contribution in [0.1, 0.15) is 28.8 Å². The molecule has 0 atom stereocenters. The molecule has 1 aromatic heterocycles. The SMILES string of the molecule is Cc1ccccc1-c1nn(-c2ccccc2)cc1C(=O)NC1CCN(C)CC1. The lowest BCUT2D eigenvalue weighted by molar-refractivity contribution is 0.0917. The second-order valence-electron chi connectivity index (χ2n) is 7.54. The maximum atomic E-state index is 13.2. The maximum Gasteiger partial charge on any atom is 0.255 e. The lowest BCUT2D eigenvalue weighted by atomic mass is 10.0. The Hall–Kier alpha value is -2.92. The summed E-state index contributed by atoms with van der Waals surface area (Å²) in [6.07, 6.45) is 3.81. The standard InChI is InChI=1S/C23H26N4O/c1-17-8-6-7-11-20(17)22-21(16-27(25-22)19-9-4-3-5-10-19)23(28)24-18-12-14-26(2)15-13-18/h3-11,16,18H,12-15H2,1-2H3,(H,24,28). The molecular weight excluding hydrogens is 348 g/mol. The molecule has 5 nitrogen and oxygen atoms in total. The second kappa shape index (κ2) is 7.98. The van der Waals surface area contributed by atoms with Crippen LogP contribution in [-0.4, -0.2) is 46.8 Å². The molecule has 1 aliphatic rings. The molecule has 3 aromatic rings. The predicted octanol–water partition coefficient (Wildman–Crippen LogP) is 3.67. The molecule has 0 aliphatic carbocycles. The summed E-state index contributed by atoms with van der Waals surface area (Å²) in [7, 11) is 2.12. The van der Waals surface area contributed by atoms with Crippen LogP contribution in [0.3, 0.4) is 0 Å². The van der Waals surface area contributed by atoms with Crippen LogP contribution in [0.25, 0.3) is 16.9 Å². The Morgan fingerprint density at radius 3 is 2.43 bits per heavy atom. The van der Waals surface area contributed by atoms with Crippen molar-refractivity contribution in [1.82, 2.24) is 20.0 Å². The number of hydrogen-bond acceptors (Lipinski definition) is 3. The number of hydrogen-bond donors (Lipinski definition) is 1. The molecule has 1 fully saturated rings. The number of aromatic nitrogens is 2. The van der Waals surface area contributed by atoms with Crippen molar-refractivity contribution >= 4 is 5.91 Å². The molecule has 144 valence electrons. The van der Waals surface area contributed by atoms with Crippen LogP contribution >= 0.6 is 0 Å². The van der Waals surface area contributed by atoms with Crippen molar-refractivity contribution in [3.05, 3.63) is 71.9 Å². The Bertz CT molecular complexity index is 956. The zero-order valence-corrected chi connectivity index (χ0v) is 16.4. The Morgan fingerprint density at radius 2 is 1.71 bits per heavy atom. The fourth-order valence-electron chi connectivity index (χ4n) is 3.71. The molecule has 28 heavy (non-hydrogen) atoms. The summed E-state index contributed by atoms with van der Waals surface area (Å²) in [5.41, 5.74) is 4.39. The van der Waals surface area contributed by atoms with E-state index in [1.165, 1.54) is 0 Å². The number of carbonyl (C=O) groups is 1. The van der Waals surface area contributed by atoms with Gasteiger partial charge < -0.3 is 10.2 Å². The lowest BCUT2D eigenvalue weighted by Gasteiger charge is -2.29. The first kappa shape index (κ1) is 18.4. The summed E-state index contributed by atoms with van der Waals surface area (Å²) in [5, 5.41) is 8.02. The van der Waals surface area contributed by atoms with Gasteiger partial charge in [-0.25, -0.2) is 4.68 Å². The van der Waals surface area contributed by atoms with E-state index in [0.29, 0.717) is 5.56 Å². The summed E-state index contributed by atoms with van der Waals surface area (Å²) in [6.45, 7) is 4.08. The van der Waals surface area contributed by atoms with Crippen LogP contribution in [-0.2, 0) is 0 Å². The first-order valence-electron chi connectivity index (χ1n) is 9.82. The van der Waals surface area contributed by atoms with Gasteiger partial charge in [0.15, 0.2) is 0 Å². The van der Waals surface area contributed by atoms with Gasteiger partial charge in [0.2, 0.25) is 0 Å². The zero-order valence-electron chi connectivity index (χ0n) is 16.4. The Kier molecular flexibility index (Phi) is 5.26. The molecule has 1 saturated heterocycles. The van der Waals surface area contributed by atoms with E-state index in [9.17, 15) is 4.79 Å². The molecular formula is C23H26N4O. The maximum absolute atomic E-state index is 13.2. The van der Waals surface area contributed by atoms with E-state index >= 15 is 0 Å². The van der Waals surface area contributed by atoms with Gasteiger partial charge in [0, 0.05) is 17.8 Å². The van der Waals surface area contributed by atoms with Gasteiger partial charge in [0.05, 0.1) is 11.3 Å². The van der Waals surface area contributed by atoms with Crippen molar-refractivity contribution < 1.29 is 4.79 Å². The van der Waals surface area contributed by atoms with E-state index in [-0.39, 0.29) is 11.9 Å². The quantitative estimate of drug-likeness (QED) is 0.758. The van der Waals surface area contributed by atoms with Gasteiger partial charge in [-0.2, -0.15) is 5.10 Å². The normalized spacial score (nSPS) is 15.5. The highest BCUT2D eigenvalue weighted by molar-refractivity contribution is 6.00. The van der Waals surface area contributed by atoms with Crippen LogP contribution in [0.2, 0.25) is 0 Å². The molecule has 2 aromatic carbocycles. The number of likely N-dealkylation sites (tertiary alicyclic amines) is 1. The fourth-order valence-corrected chi connectivity index (χ4v) is 3.71. The number of nitrogens with zero attached hydrogens (tertiary/aromatic N) is 3. The number of para-hydroxylation sites is 1. The molecule has 1 amide bonds. The highest BCUT2D eigenvalue weighted by atomic mass is 16.1. The van der Waals surface area contributed by atoms with Crippen LogP contribution in [0.15, 0.2) is 60.8 Å². The summed E-state index contributed by atoms with van der Waals surface area (Å²) in [4.78, 5) is 15.5. The van der Waals surface area contributed by atoms with Crippen molar-refractivity contribution in [2.45, 2.75) is 25.8 Å². The molecule has 0 spiro atoms. The van der Waals surface area contributed by atoms with Gasteiger partial charge in [0.25, 0.3) is 5.91 Å². The number of rotatable bonds is 4. The van der Waals surface area contributed by atoms with Gasteiger partial charge in [-0.15, -0.1) is 0 Å². The van der Waals surface area contributed by atoms with Gasteiger partial charge in [-0.1, -0.05) is 42.5 Å². The minimum atomic E-state index is -0.0463. The third kappa shape index (κ3) is 3.85. The third-order valence-electron chi connectivity index (χ3n) is 5.43. The first-order chi connectivity index (χ1) is 13.6. The largest absolute Gasteiger partial charge is 0.349 e. The Labute approximate surface area is 166 Å². The number of amides is 1. The molecule has 1 aliphatic heterocycles. The van der Waals surface area contributed by atoms with Crippen molar-refractivity contribution in [2.75, 3.05) is 20.1 Å². The van der Waals surface area contributed by atoms with Gasteiger partial charge in [0.1, 0.15) is 5.69 Å². The average molecular weight is 374 g/mol. The highest BCUT2D eigenvalue weighted by Crippen LogP contribution is 2.27. The first-order valence-corrected chi connectivity index (χ1v) is 9.82. The molecule has 0 bridgehead atoms. The van der Waals surface area contributed by atoms with Gasteiger partial charge >= 0.3 is 0 Å². The monoisotopic (exact) mass is 374 g/mol. The van der Waals surface area contributed by atoms with Crippen molar-refractivity contribution in [3.63, 3.8) is 0 Å². The van der Waals surface area contributed by atoms with Crippen molar-refractivity contribution in [3.8, 4) is 16.9 Å². The molecule has 0 unspecified atom stereocenters. The minimum absolute atomic E-state index is 0.0463. The number of nitrogens with one attached hydrogen (secondary N) is 1. The van der Waals surface area contributed by atoms with Gasteiger partial charge in [-0.3, -0.25) is 4.79 Å². The number of piperidine rings is 1. The topological polar surface area (TPSA) is 50.2 Å². The fraction of sp³-hybridized carbons (Fsp3) is 0.304. The summed E-state index contributed by atoms with van der Waals surface area (Å²) >= 11 is 0. The van der Waals surface area contributed by atoms with E-state index in [1.54, 1.807) is 4.68 Å². The Morgan fingerprint density at radius 1 is 1.04 bits per heavy atom. The molecule has 4 rings (SSSR count). The van der Waals surface area contributed by atoms with Crippen LogP contribution < -0.4 is 5.32 Å². The van der Waals surface area contributed by atoms with Crippen LogP contribution in [0, 0.1) is 6.92 Å². The summed E-state index contributed by atoms with van der Waals surface area (Å²) in [6, 6.07) is 18.2.